The van der Waals surface area contributed by atoms with Gasteiger partial charge in [0, 0.05) is 31.7 Å². The molecule has 6 heteroatoms. The number of para-hydroxylation sites is 1. The fourth-order valence-corrected chi connectivity index (χ4v) is 3.45. The Balaban J connectivity index is 1.39. The molecule has 0 radical (unpaired) electrons. The summed E-state index contributed by atoms with van der Waals surface area (Å²) in [7, 11) is 0. The van der Waals surface area contributed by atoms with Gasteiger partial charge in [0.15, 0.2) is 11.6 Å². The van der Waals surface area contributed by atoms with E-state index in [-0.39, 0.29) is 11.7 Å². The van der Waals surface area contributed by atoms with Gasteiger partial charge in [-0.05, 0) is 50.8 Å². The molecular weight excluding hydrogens is 333 g/mol. The van der Waals surface area contributed by atoms with Crippen molar-refractivity contribution in [2.45, 2.75) is 39.7 Å². The van der Waals surface area contributed by atoms with Gasteiger partial charge in [0.05, 0.1) is 12.3 Å². The third kappa shape index (κ3) is 4.62. The Morgan fingerprint density at radius 2 is 2.15 bits per heavy atom. The normalized spacial score (nSPS) is 16.9. The Hall–Kier alpha value is -2.37. The number of carbonyl (C=O) groups is 1. The van der Waals surface area contributed by atoms with Crippen LogP contribution in [0.15, 0.2) is 30.3 Å². The Kier molecular flexibility index (Phi) is 5.91. The van der Waals surface area contributed by atoms with Crippen molar-refractivity contribution in [3.05, 3.63) is 47.5 Å². The number of aryl methyl sites for hydroxylation is 3. The van der Waals surface area contributed by atoms with Gasteiger partial charge >= 0.3 is 0 Å². The molecular formula is C20H26FN3O2. The highest BCUT2D eigenvalue weighted by atomic mass is 19.1. The number of carbonyl (C=O) groups excluding carboxylic acids is 1. The van der Waals surface area contributed by atoms with Crippen LogP contribution >= 0.6 is 0 Å². The van der Waals surface area contributed by atoms with Crippen LogP contribution in [0.4, 0.5) is 4.39 Å². The maximum Gasteiger partial charge on any atom is 0.224 e. The van der Waals surface area contributed by atoms with Gasteiger partial charge in [-0.3, -0.25) is 9.48 Å². The Labute approximate surface area is 153 Å². The highest BCUT2D eigenvalue weighted by Gasteiger charge is 2.26. The topological polar surface area (TPSA) is 47.4 Å². The number of likely N-dealkylation sites (tertiary alicyclic amines) is 1. The van der Waals surface area contributed by atoms with Gasteiger partial charge in [0.2, 0.25) is 5.91 Å². The fourth-order valence-electron chi connectivity index (χ4n) is 3.45. The quantitative estimate of drug-likeness (QED) is 0.762. The maximum absolute atomic E-state index is 13.5. The molecule has 1 atom stereocenters. The molecule has 1 aromatic carbocycles. The van der Waals surface area contributed by atoms with Gasteiger partial charge in [-0.2, -0.15) is 5.10 Å². The average Bonchev–Trinajstić information content (AvgIpc) is 3.21. The minimum Gasteiger partial charge on any atom is -0.491 e. The van der Waals surface area contributed by atoms with Crippen molar-refractivity contribution in [2.24, 2.45) is 5.92 Å². The first-order valence-corrected chi connectivity index (χ1v) is 9.19. The predicted molar refractivity (Wildman–Crippen MR) is 97.5 cm³/mol. The molecule has 1 aliphatic rings. The van der Waals surface area contributed by atoms with Crippen LogP contribution in [0.1, 0.15) is 30.7 Å². The first-order chi connectivity index (χ1) is 12.5. The minimum atomic E-state index is -0.333. The number of aromatic nitrogens is 2. The van der Waals surface area contributed by atoms with E-state index in [1.807, 2.05) is 29.5 Å². The molecule has 2 heterocycles. The second kappa shape index (κ2) is 8.34. The lowest BCUT2D eigenvalue weighted by atomic mass is 10.1. The summed E-state index contributed by atoms with van der Waals surface area (Å²) in [6.45, 7) is 6.61. The van der Waals surface area contributed by atoms with E-state index in [1.54, 1.807) is 18.2 Å². The zero-order valence-corrected chi connectivity index (χ0v) is 15.4. The van der Waals surface area contributed by atoms with Crippen molar-refractivity contribution in [3.63, 3.8) is 0 Å². The monoisotopic (exact) mass is 359 g/mol. The number of hydrogen-bond donors (Lipinski definition) is 0. The van der Waals surface area contributed by atoms with Crippen LogP contribution in [0.2, 0.25) is 0 Å². The summed E-state index contributed by atoms with van der Waals surface area (Å²) in [5, 5.41) is 4.40. The number of benzene rings is 1. The number of amides is 1. The fraction of sp³-hybridized carbons (Fsp3) is 0.500. The Morgan fingerprint density at radius 3 is 2.88 bits per heavy atom. The average molecular weight is 359 g/mol. The number of hydrogen-bond acceptors (Lipinski definition) is 3. The number of halogens is 1. The lowest BCUT2D eigenvalue weighted by Gasteiger charge is -2.17. The molecule has 1 aromatic heterocycles. The summed E-state index contributed by atoms with van der Waals surface area (Å²) in [4.78, 5) is 14.4. The lowest BCUT2D eigenvalue weighted by molar-refractivity contribution is -0.130. The second-order valence-electron chi connectivity index (χ2n) is 6.96. The first kappa shape index (κ1) is 18.4. The van der Waals surface area contributed by atoms with Gasteiger partial charge in [0.1, 0.15) is 0 Å². The van der Waals surface area contributed by atoms with Crippen molar-refractivity contribution >= 4 is 5.91 Å². The zero-order valence-electron chi connectivity index (χ0n) is 15.4. The summed E-state index contributed by atoms with van der Waals surface area (Å²) in [6.07, 6.45) is 2.28. The number of nitrogens with zero attached hydrogens (tertiary/aromatic N) is 3. The summed E-state index contributed by atoms with van der Waals surface area (Å²) in [6, 6.07) is 8.46. The van der Waals surface area contributed by atoms with Crippen molar-refractivity contribution < 1.29 is 13.9 Å². The van der Waals surface area contributed by atoms with Crippen LogP contribution in [-0.4, -0.2) is 40.3 Å². The van der Waals surface area contributed by atoms with Crippen LogP contribution in [0.3, 0.4) is 0 Å². The second-order valence-corrected chi connectivity index (χ2v) is 6.96. The van der Waals surface area contributed by atoms with Crippen LogP contribution < -0.4 is 4.74 Å². The molecule has 0 bridgehead atoms. The summed E-state index contributed by atoms with van der Waals surface area (Å²) in [5.41, 5.74) is 2.06. The van der Waals surface area contributed by atoms with E-state index in [1.165, 1.54) is 6.07 Å². The Morgan fingerprint density at radius 1 is 1.35 bits per heavy atom. The molecule has 1 unspecified atom stereocenters. The summed E-state index contributed by atoms with van der Waals surface area (Å²) in [5.74, 6) is 0.553. The molecule has 0 aliphatic carbocycles. The van der Waals surface area contributed by atoms with Crippen molar-refractivity contribution in [2.75, 3.05) is 19.7 Å². The molecule has 26 heavy (non-hydrogen) atoms. The molecule has 5 nitrogen and oxygen atoms in total. The first-order valence-electron chi connectivity index (χ1n) is 9.19. The molecule has 0 spiro atoms. The third-order valence-electron chi connectivity index (χ3n) is 4.90. The highest BCUT2D eigenvalue weighted by molar-refractivity contribution is 5.76. The Bertz CT molecular complexity index is 759. The van der Waals surface area contributed by atoms with Crippen molar-refractivity contribution in [3.8, 4) is 5.75 Å². The molecule has 3 rings (SSSR count). The lowest BCUT2D eigenvalue weighted by Crippen LogP contribution is -2.29. The standard InChI is InChI=1S/C20H26FN3O2/c1-15-13-16(2)24(22-15)11-8-20(25)23-10-7-17(14-23)9-12-26-19-6-4-3-5-18(19)21/h3-6,13,17H,7-12,14H2,1-2H3. The molecule has 1 saturated heterocycles. The minimum absolute atomic E-state index is 0.176. The van der Waals surface area contributed by atoms with Crippen LogP contribution in [-0.2, 0) is 11.3 Å². The van der Waals surface area contributed by atoms with E-state index >= 15 is 0 Å². The van der Waals surface area contributed by atoms with Crippen LogP contribution in [0.5, 0.6) is 5.75 Å². The smallest absolute Gasteiger partial charge is 0.224 e. The number of ether oxygens (including phenoxy) is 1. The van der Waals surface area contributed by atoms with Crippen molar-refractivity contribution in [1.29, 1.82) is 0 Å². The predicted octanol–water partition coefficient (Wildman–Crippen LogP) is 3.35. The molecule has 1 aliphatic heterocycles. The summed E-state index contributed by atoms with van der Waals surface area (Å²) < 4.78 is 20.9. The summed E-state index contributed by atoms with van der Waals surface area (Å²) >= 11 is 0. The molecule has 1 amide bonds. The van der Waals surface area contributed by atoms with Gasteiger partial charge in [0.25, 0.3) is 0 Å². The van der Waals surface area contributed by atoms with Gasteiger partial charge in [-0.1, -0.05) is 12.1 Å². The van der Waals surface area contributed by atoms with Crippen molar-refractivity contribution in [1.82, 2.24) is 14.7 Å². The van der Waals surface area contributed by atoms with Crippen LogP contribution in [0, 0.1) is 25.6 Å². The van der Waals surface area contributed by atoms with E-state index < -0.39 is 0 Å². The van der Waals surface area contributed by atoms with E-state index in [0.29, 0.717) is 31.2 Å². The van der Waals surface area contributed by atoms with E-state index in [0.717, 1.165) is 37.3 Å². The zero-order chi connectivity index (χ0) is 18.5. The maximum atomic E-state index is 13.5. The highest BCUT2D eigenvalue weighted by Crippen LogP contribution is 2.22. The SMILES string of the molecule is Cc1cc(C)n(CCC(=O)N2CCC(CCOc3ccccc3F)C2)n1. The van der Waals surface area contributed by atoms with Gasteiger partial charge in [-0.15, -0.1) is 0 Å². The van der Waals surface area contributed by atoms with Gasteiger partial charge < -0.3 is 9.64 Å². The molecule has 0 saturated carbocycles. The van der Waals surface area contributed by atoms with Crippen LogP contribution in [0.25, 0.3) is 0 Å². The molecule has 1 fully saturated rings. The molecule has 140 valence electrons. The van der Waals surface area contributed by atoms with E-state index in [9.17, 15) is 9.18 Å². The van der Waals surface area contributed by atoms with E-state index in [4.69, 9.17) is 4.74 Å². The van der Waals surface area contributed by atoms with E-state index in [2.05, 4.69) is 5.10 Å². The molecule has 2 aromatic rings. The number of rotatable bonds is 7. The molecule has 0 N–H and O–H groups in total. The third-order valence-corrected chi connectivity index (χ3v) is 4.90. The van der Waals surface area contributed by atoms with Gasteiger partial charge in [-0.25, -0.2) is 4.39 Å². The largest absolute Gasteiger partial charge is 0.491 e.